The molecule has 0 aromatic heterocycles. The Morgan fingerprint density at radius 1 is 0.636 bits per heavy atom. The molecule has 0 heterocycles. The Bertz CT molecular complexity index is 882. The molecule has 0 N–H and O–H groups in total. The molecular formula is C22H20. The lowest BCUT2D eigenvalue weighted by atomic mass is 9.89. The van der Waals surface area contributed by atoms with Gasteiger partial charge in [-0.2, -0.15) is 0 Å². The van der Waals surface area contributed by atoms with Crippen LogP contribution in [-0.2, 0) is 0 Å². The summed E-state index contributed by atoms with van der Waals surface area (Å²) in [6.07, 6.45) is 3.86. The van der Waals surface area contributed by atoms with Crippen LogP contribution in [0.2, 0.25) is 0 Å². The van der Waals surface area contributed by atoms with E-state index >= 15 is 0 Å². The quantitative estimate of drug-likeness (QED) is 0.521. The molecule has 108 valence electrons. The monoisotopic (exact) mass is 284 g/mol. The predicted octanol–water partition coefficient (Wildman–Crippen LogP) is 6.41. The molecule has 0 aliphatic carbocycles. The van der Waals surface area contributed by atoms with Crippen molar-refractivity contribution in [3.63, 3.8) is 0 Å². The van der Waals surface area contributed by atoms with Gasteiger partial charge in [0.05, 0.1) is 0 Å². The summed E-state index contributed by atoms with van der Waals surface area (Å²) >= 11 is 0. The van der Waals surface area contributed by atoms with Gasteiger partial charge in [-0.25, -0.2) is 0 Å². The normalized spacial score (nSPS) is 10.6. The second-order valence-corrected chi connectivity index (χ2v) is 5.64. The van der Waals surface area contributed by atoms with Crippen molar-refractivity contribution in [3.05, 3.63) is 83.9 Å². The molecule has 0 fully saturated rings. The lowest BCUT2D eigenvalue weighted by molar-refractivity contribution is 1.42. The summed E-state index contributed by atoms with van der Waals surface area (Å²) in [5.74, 6) is 0. The number of fused-ring (bicyclic) bond motifs is 1. The van der Waals surface area contributed by atoms with Crippen molar-refractivity contribution in [2.45, 2.75) is 13.8 Å². The van der Waals surface area contributed by atoms with Crippen LogP contribution in [0.5, 0.6) is 0 Å². The summed E-state index contributed by atoms with van der Waals surface area (Å²) in [6.45, 7) is 12.3. The Morgan fingerprint density at radius 2 is 1.23 bits per heavy atom. The highest BCUT2D eigenvalue weighted by molar-refractivity contribution is 6.00. The van der Waals surface area contributed by atoms with E-state index in [2.05, 4.69) is 75.5 Å². The lowest BCUT2D eigenvalue weighted by Crippen LogP contribution is -1.92. The van der Waals surface area contributed by atoms with E-state index < -0.39 is 0 Å². The molecule has 0 saturated carbocycles. The zero-order chi connectivity index (χ0) is 15.7. The fourth-order valence-electron chi connectivity index (χ4n) is 3.16. The van der Waals surface area contributed by atoms with Crippen molar-refractivity contribution in [1.29, 1.82) is 0 Å². The van der Waals surface area contributed by atoms with Gasteiger partial charge in [0.1, 0.15) is 0 Å². The maximum atomic E-state index is 4.02. The fourth-order valence-corrected chi connectivity index (χ4v) is 3.16. The average molecular weight is 284 g/mol. The largest absolute Gasteiger partial charge is 0.0984 e. The Morgan fingerprint density at radius 3 is 1.91 bits per heavy atom. The molecule has 3 rings (SSSR count). The molecule has 0 unspecified atom stereocenters. The molecule has 0 aliphatic heterocycles. The van der Waals surface area contributed by atoms with Crippen LogP contribution in [0, 0.1) is 13.8 Å². The Hall–Kier alpha value is -2.60. The molecule has 0 bridgehead atoms. The van der Waals surface area contributed by atoms with Crippen LogP contribution < -0.4 is 0 Å². The molecule has 3 aromatic carbocycles. The number of benzene rings is 3. The first-order valence-corrected chi connectivity index (χ1v) is 7.54. The van der Waals surface area contributed by atoms with E-state index in [4.69, 9.17) is 0 Å². The summed E-state index contributed by atoms with van der Waals surface area (Å²) in [6, 6.07) is 17.3. The summed E-state index contributed by atoms with van der Waals surface area (Å²) in [5.41, 5.74) is 7.31. The molecule has 0 atom stereocenters. The minimum Gasteiger partial charge on any atom is -0.0984 e. The fraction of sp³-hybridized carbons (Fsp3) is 0.0909. The lowest BCUT2D eigenvalue weighted by Gasteiger charge is -2.15. The zero-order valence-corrected chi connectivity index (χ0v) is 13.2. The summed E-state index contributed by atoms with van der Waals surface area (Å²) in [5, 5.41) is 2.58. The first-order chi connectivity index (χ1) is 10.7. The minimum atomic E-state index is 1.16. The Kier molecular flexibility index (Phi) is 3.68. The van der Waals surface area contributed by atoms with Crippen LogP contribution in [0.4, 0.5) is 0 Å². The van der Waals surface area contributed by atoms with Crippen molar-refractivity contribution in [1.82, 2.24) is 0 Å². The highest BCUT2D eigenvalue weighted by Gasteiger charge is 2.11. The van der Waals surface area contributed by atoms with E-state index in [0.717, 1.165) is 11.1 Å². The molecule has 0 radical (unpaired) electrons. The molecule has 0 saturated heterocycles. The van der Waals surface area contributed by atoms with Crippen LogP contribution >= 0.6 is 0 Å². The molecule has 0 nitrogen and oxygen atoms in total. The molecule has 0 amide bonds. The average Bonchev–Trinajstić information content (AvgIpc) is 2.55. The van der Waals surface area contributed by atoms with E-state index in [9.17, 15) is 0 Å². The van der Waals surface area contributed by atoms with Gasteiger partial charge in [-0.05, 0) is 58.0 Å². The van der Waals surface area contributed by atoms with E-state index in [1.165, 1.54) is 33.0 Å². The number of aryl methyl sites for hydroxylation is 2. The first-order valence-electron chi connectivity index (χ1n) is 7.54. The maximum absolute atomic E-state index is 4.02. The van der Waals surface area contributed by atoms with Gasteiger partial charge in [0.2, 0.25) is 0 Å². The third-order valence-electron chi connectivity index (χ3n) is 4.35. The van der Waals surface area contributed by atoms with Gasteiger partial charge in [-0.15, -0.1) is 0 Å². The van der Waals surface area contributed by atoms with Gasteiger partial charge in [0.15, 0.2) is 0 Å². The smallest absolute Gasteiger partial charge is 0.00990 e. The second kappa shape index (κ2) is 5.65. The van der Waals surface area contributed by atoms with Crippen molar-refractivity contribution in [3.8, 4) is 11.1 Å². The maximum Gasteiger partial charge on any atom is -0.00990 e. The number of hydrogen-bond acceptors (Lipinski definition) is 0. The van der Waals surface area contributed by atoms with Gasteiger partial charge in [-0.3, -0.25) is 0 Å². The van der Waals surface area contributed by atoms with E-state index in [0.29, 0.717) is 0 Å². The van der Waals surface area contributed by atoms with Gasteiger partial charge in [-0.1, -0.05) is 73.8 Å². The Balaban J connectivity index is 2.41. The molecule has 0 heteroatoms. The van der Waals surface area contributed by atoms with Crippen LogP contribution in [0.1, 0.15) is 22.3 Å². The van der Waals surface area contributed by atoms with Crippen molar-refractivity contribution in [2.75, 3.05) is 0 Å². The van der Waals surface area contributed by atoms with Crippen LogP contribution in [-0.4, -0.2) is 0 Å². The van der Waals surface area contributed by atoms with Crippen molar-refractivity contribution >= 4 is 22.9 Å². The summed E-state index contributed by atoms with van der Waals surface area (Å²) < 4.78 is 0. The topological polar surface area (TPSA) is 0 Å². The van der Waals surface area contributed by atoms with E-state index in [1.54, 1.807) is 0 Å². The van der Waals surface area contributed by atoms with Crippen molar-refractivity contribution in [2.24, 2.45) is 0 Å². The predicted molar refractivity (Wildman–Crippen MR) is 99.0 cm³/mol. The Labute approximate surface area is 132 Å². The molecule has 0 aliphatic rings. The van der Waals surface area contributed by atoms with Crippen LogP contribution in [0.15, 0.2) is 61.7 Å². The van der Waals surface area contributed by atoms with Gasteiger partial charge >= 0.3 is 0 Å². The SMILES string of the molecule is C=Cc1c(C)ccc(-c2ccc(C)c3ccccc23)c1C=C. The van der Waals surface area contributed by atoms with E-state index in [1.807, 2.05) is 12.2 Å². The molecule has 0 spiro atoms. The number of rotatable bonds is 3. The van der Waals surface area contributed by atoms with Crippen LogP contribution in [0.25, 0.3) is 34.1 Å². The van der Waals surface area contributed by atoms with Gasteiger partial charge in [0, 0.05) is 0 Å². The highest BCUT2D eigenvalue weighted by atomic mass is 14.2. The minimum absolute atomic E-state index is 1.16. The second-order valence-electron chi connectivity index (χ2n) is 5.64. The molecule has 3 aromatic rings. The zero-order valence-electron chi connectivity index (χ0n) is 13.2. The van der Waals surface area contributed by atoms with E-state index in [-0.39, 0.29) is 0 Å². The van der Waals surface area contributed by atoms with Gasteiger partial charge < -0.3 is 0 Å². The van der Waals surface area contributed by atoms with Gasteiger partial charge in [0.25, 0.3) is 0 Å². The molecule has 22 heavy (non-hydrogen) atoms. The van der Waals surface area contributed by atoms with Crippen molar-refractivity contribution < 1.29 is 0 Å². The third kappa shape index (κ3) is 2.17. The first kappa shape index (κ1) is 14.3. The summed E-state index contributed by atoms with van der Waals surface area (Å²) in [7, 11) is 0. The third-order valence-corrected chi connectivity index (χ3v) is 4.35. The molecular weight excluding hydrogens is 264 g/mol. The van der Waals surface area contributed by atoms with Crippen LogP contribution in [0.3, 0.4) is 0 Å². The standard InChI is InChI=1S/C22H20/c1-5-17-15(3)11-13-21(18(17)6-2)22-14-12-16(4)19-9-7-8-10-20(19)22/h5-14H,1-2H2,3-4H3. The summed E-state index contributed by atoms with van der Waals surface area (Å²) in [4.78, 5) is 0. The number of hydrogen-bond donors (Lipinski definition) is 0. The highest BCUT2D eigenvalue weighted by Crippen LogP contribution is 2.35.